The van der Waals surface area contributed by atoms with Gasteiger partial charge in [0.1, 0.15) is 10.7 Å². The van der Waals surface area contributed by atoms with E-state index in [2.05, 4.69) is 4.98 Å². The minimum Gasteiger partial charge on any atom is -0.389 e. The van der Waals surface area contributed by atoms with Gasteiger partial charge in [0.15, 0.2) is 0 Å². The van der Waals surface area contributed by atoms with Crippen LogP contribution in [-0.2, 0) is 6.42 Å². The lowest BCUT2D eigenvalue weighted by atomic mass is 10.1. The minimum atomic E-state index is 0.576. The van der Waals surface area contributed by atoms with E-state index in [1.807, 2.05) is 13.0 Å². The van der Waals surface area contributed by atoms with Crippen molar-refractivity contribution in [3.63, 3.8) is 0 Å². The van der Waals surface area contributed by atoms with Crippen molar-refractivity contribution in [2.75, 3.05) is 5.73 Å². The molecule has 0 aliphatic carbocycles. The summed E-state index contributed by atoms with van der Waals surface area (Å²) in [5.41, 5.74) is 7.51. The van der Waals surface area contributed by atoms with Crippen molar-refractivity contribution < 1.29 is 0 Å². The van der Waals surface area contributed by atoms with Crippen molar-refractivity contribution in [1.82, 2.24) is 4.98 Å². The predicted molar refractivity (Wildman–Crippen MR) is 71.4 cm³/mol. The number of nitrogens with two attached hydrogens (primary N) is 1. The SMILES string of the molecule is CCc1nc(-c2ccc(Cl)cc2Cl)c(N)s1. The van der Waals surface area contributed by atoms with Crippen LogP contribution in [0, 0.1) is 0 Å². The van der Waals surface area contributed by atoms with Crippen LogP contribution in [0.4, 0.5) is 5.00 Å². The molecule has 2 aromatic rings. The number of rotatable bonds is 2. The molecule has 0 unspecified atom stereocenters. The average Bonchev–Trinajstić information content (AvgIpc) is 2.60. The van der Waals surface area contributed by atoms with Gasteiger partial charge in [0, 0.05) is 10.6 Å². The normalized spacial score (nSPS) is 10.7. The third-order valence-corrected chi connectivity index (χ3v) is 3.76. The molecule has 0 aliphatic heterocycles. The number of hydrogen-bond donors (Lipinski definition) is 1. The van der Waals surface area contributed by atoms with Gasteiger partial charge in [-0.25, -0.2) is 4.98 Å². The summed E-state index contributed by atoms with van der Waals surface area (Å²) >= 11 is 13.5. The van der Waals surface area contributed by atoms with Gasteiger partial charge in [-0.15, -0.1) is 11.3 Å². The highest BCUT2D eigenvalue weighted by atomic mass is 35.5. The molecule has 84 valence electrons. The maximum atomic E-state index is 6.11. The Balaban J connectivity index is 2.53. The Morgan fingerprint density at radius 2 is 2.12 bits per heavy atom. The smallest absolute Gasteiger partial charge is 0.114 e. The summed E-state index contributed by atoms with van der Waals surface area (Å²) in [6.45, 7) is 2.05. The van der Waals surface area contributed by atoms with Crippen LogP contribution in [0.3, 0.4) is 0 Å². The van der Waals surface area contributed by atoms with Crippen molar-refractivity contribution in [2.24, 2.45) is 0 Å². The van der Waals surface area contributed by atoms with Gasteiger partial charge in [-0.1, -0.05) is 30.1 Å². The predicted octanol–water partition coefficient (Wildman–Crippen LogP) is 4.26. The molecule has 0 saturated carbocycles. The molecule has 0 radical (unpaired) electrons. The molecule has 2 nitrogen and oxygen atoms in total. The highest BCUT2D eigenvalue weighted by Crippen LogP contribution is 2.36. The van der Waals surface area contributed by atoms with Gasteiger partial charge in [-0.3, -0.25) is 0 Å². The molecule has 1 aromatic carbocycles. The van der Waals surface area contributed by atoms with Crippen molar-refractivity contribution in [2.45, 2.75) is 13.3 Å². The Morgan fingerprint density at radius 3 is 2.69 bits per heavy atom. The maximum Gasteiger partial charge on any atom is 0.114 e. The van der Waals surface area contributed by atoms with Gasteiger partial charge < -0.3 is 5.73 Å². The number of thiazole rings is 1. The van der Waals surface area contributed by atoms with Gasteiger partial charge in [-0.2, -0.15) is 0 Å². The van der Waals surface area contributed by atoms with Crippen LogP contribution >= 0.6 is 34.5 Å². The van der Waals surface area contributed by atoms with Crippen molar-refractivity contribution >= 4 is 39.5 Å². The first-order valence-corrected chi connectivity index (χ1v) is 6.39. The summed E-state index contributed by atoms with van der Waals surface area (Å²) < 4.78 is 0. The first-order chi connectivity index (χ1) is 7.61. The van der Waals surface area contributed by atoms with Crippen LogP contribution in [0.25, 0.3) is 11.3 Å². The third-order valence-electron chi connectivity index (χ3n) is 2.19. The molecule has 0 spiro atoms. The number of nitrogens with zero attached hydrogens (tertiary/aromatic N) is 1. The number of anilines is 1. The molecule has 0 fully saturated rings. The fourth-order valence-corrected chi connectivity index (χ4v) is 2.69. The fraction of sp³-hybridized carbons (Fsp3) is 0.182. The van der Waals surface area contributed by atoms with Gasteiger partial charge in [0.05, 0.1) is 10.0 Å². The summed E-state index contributed by atoms with van der Waals surface area (Å²) in [4.78, 5) is 4.46. The number of aryl methyl sites for hydroxylation is 1. The number of hydrogen-bond acceptors (Lipinski definition) is 3. The van der Waals surface area contributed by atoms with Crippen LogP contribution in [-0.4, -0.2) is 4.98 Å². The van der Waals surface area contributed by atoms with E-state index in [9.17, 15) is 0 Å². The number of nitrogen functional groups attached to an aromatic ring is 1. The van der Waals surface area contributed by atoms with E-state index >= 15 is 0 Å². The van der Waals surface area contributed by atoms with Gasteiger partial charge in [0.25, 0.3) is 0 Å². The summed E-state index contributed by atoms with van der Waals surface area (Å²) in [6, 6.07) is 5.32. The Kier molecular flexibility index (Phi) is 3.38. The Hall–Kier alpha value is -0.770. The number of benzene rings is 1. The standard InChI is InChI=1S/C11H10Cl2N2S/c1-2-9-15-10(11(14)16-9)7-4-3-6(12)5-8(7)13/h3-5H,2,14H2,1H3. The van der Waals surface area contributed by atoms with E-state index in [0.717, 1.165) is 22.7 Å². The molecule has 0 amide bonds. The second-order valence-electron chi connectivity index (χ2n) is 3.30. The van der Waals surface area contributed by atoms with Crippen LogP contribution < -0.4 is 5.73 Å². The molecule has 16 heavy (non-hydrogen) atoms. The topological polar surface area (TPSA) is 38.9 Å². The lowest BCUT2D eigenvalue weighted by Crippen LogP contribution is -1.87. The van der Waals surface area contributed by atoms with E-state index in [0.29, 0.717) is 15.0 Å². The molecule has 0 aliphatic rings. The van der Waals surface area contributed by atoms with E-state index in [1.54, 1.807) is 12.1 Å². The zero-order valence-corrected chi connectivity index (χ0v) is 11.0. The molecule has 0 atom stereocenters. The lowest BCUT2D eigenvalue weighted by Gasteiger charge is -2.02. The number of halogens is 2. The molecule has 2 N–H and O–H groups in total. The first-order valence-electron chi connectivity index (χ1n) is 4.82. The Labute approximate surface area is 108 Å². The molecule has 0 bridgehead atoms. The zero-order valence-electron chi connectivity index (χ0n) is 8.63. The first kappa shape index (κ1) is 11.7. The monoisotopic (exact) mass is 272 g/mol. The Morgan fingerprint density at radius 1 is 1.38 bits per heavy atom. The summed E-state index contributed by atoms with van der Waals surface area (Å²) in [5.74, 6) is 0. The van der Waals surface area contributed by atoms with Crippen LogP contribution in [0.1, 0.15) is 11.9 Å². The fourth-order valence-electron chi connectivity index (χ4n) is 1.40. The molecule has 1 heterocycles. The minimum absolute atomic E-state index is 0.576. The third kappa shape index (κ3) is 2.17. The van der Waals surface area contributed by atoms with Gasteiger partial charge in [-0.05, 0) is 24.6 Å². The van der Waals surface area contributed by atoms with Crippen LogP contribution in [0.5, 0.6) is 0 Å². The van der Waals surface area contributed by atoms with Gasteiger partial charge >= 0.3 is 0 Å². The molecular weight excluding hydrogens is 263 g/mol. The summed E-state index contributed by atoms with van der Waals surface area (Å²) in [7, 11) is 0. The number of aromatic nitrogens is 1. The quantitative estimate of drug-likeness (QED) is 0.887. The molecule has 2 rings (SSSR count). The molecule has 5 heteroatoms. The van der Waals surface area contributed by atoms with E-state index in [1.165, 1.54) is 11.3 Å². The second kappa shape index (κ2) is 4.62. The van der Waals surface area contributed by atoms with E-state index in [-0.39, 0.29) is 0 Å². The highest BCUT2D eigenvalue weighted by molar-refractivity contribution is 7.16. The molecule has 1 aromatic heterocycles. The zero-order chi connectivity index (χ0) is 11.7. The molecular formula is C11H10Cl2N2S. The van der Waals surface area contributed by atoms with Crippen LogP contribution in [0.15, 0.2) is 18.2 Å². The summed E-state index contributed by atoms with van der Waals surface area (Å²) in [6.07, 6.45) is 0.875. The molecule has 0 saturated heterocycles. The van der Waals surface area contributed by atoms with Crippen LogP contribution in [0.2, 0.25) is 10.0 Å². The summed E-state index contributed by atoms with van der Waals surface area (Å²) in [5, 5.41) is 2.89. The van der Waals surface area contributed by atoms with Crippen molar-refractivity contribution in [1.29, 1.82) is 0 Å². The Bertz CT molecular complexity index is 523. The van der Waals surface area contributed by atoms with E-state index < -0.39 is 0 Å². The lowest BCUT2D eigenvalue weighted by molar-refractivity contribution is 1.10. The van der Waals surface area contributed by atoms with Crippen molar-refractivity contribution in [3.05, 3.63) is 33.3 Å². The van der Waals surface area contributed by atoms with Gasteiger partial charge in [0.2, 0.25) is 0 Å². The second-order valence-corrected chi connectivity index (χ2v) is 5.26. The largest absolute Gasteiger partial charge is 0.389 e. The van der Waals surface area contributed by atoms with Crippen molar-refractivity contribution in [3.8, 4) is 11.3 Å². The highest BCUT2D eigenvalue weighted by Gasteiger charge is 2.12. The maximum absolute atomic E-state index is 6.11. The van der Waals surface area contributed by atoms with E-state index in [4.69, 9.17) is 28.9 Å². The average molecular weight is 273 g/mol.